The van der Waals surface area contributed by atoms with Gasteiger partial charge in [0, 0.05) is 35.5 Å². The van der Waals surface area contributed by atoms with Gasteiger partial charge in [-0.2, -0.15) is 0 Å². The molecule has 0 saturated heterocycles. The first-order chi connectivity index (χ1) is 17.3. The minimum atomic E-state index is -0.657. The van der Waals surface area contributed by atoms with Crippen molar-refractivity contribution in [1.82, 2.24) is 10.2 Å². The summed E-state index contributed by atoms with van der Waals surface area (Å²) in [4.78, 5) is 28.5. The molecule has 7 heteroatoms. The zero-order chi connectivity index (χ0) is 25.9. The Hall–Kier alpha value is -3.02. The number of halogens is 2. The molecule has 2 amide bonds. The van der Waals surface area contributed by atoms with Gasteiger partial charge in [-0.25, -0.2) is 0 Å². The highest BCUT2D eigenvalue weighted by atomic mass is 35.5. The summed E-state index contributed by atoms with van der Waals surface area (Å²) in [6.07, 6.45) is 1.18. The summed E-state index contributed by atoms with van der Waals surface area (Å²) in [6, 6.07) is 23.5. The van der Waals surface area contributed by atoms with Gasteiger partial charge in [0.05, 0.1) is 6.61 Å². The van der Waals surface area contributed by atoms with Crippen LogP contribution in [-0.2, 0) is 22.6 Å². The maximum Gasteiger partial charge on any atom is 0.243 e. The number of hydrogen-bond donors (Lipinski definition) is 1. The van der Waals surface area contributed by atoms with Crippen LogP contribution in [0.4, 0.5) is 0 Å². The summed E-state index contributed by atoms with van der Waals surface area (Å²) in [6.45, 7) is 4.51. The standard InChI is InChI=1S/C29H32Cl2N2O3/c1-21(2)32-29(35)27(19-22-7-4-3-5-8-22)33(20-23-10-12-24(30)13-11-23)28(34)9-6-18-36-26-16-14-25(31)15-17-26/h3-5,7-8,10-17,21,27H,6,9,18-20H2,1-2H3,(H,32,35)/t27-/m1/s1. The van der Waals surface area contributed by atoms with Crippen molar-refractivity contribution in [1.29, 1.82) is 0 Å². The van der Waals surface area contributed by atoms with Crippen LogP contribution < -0.4 is 10.1 Å². The molecule has 0 aliphatic rings. The van der Waals surface area contributed by atoms with Crippen LogP contribution in [0, 0.1) is 0 Å². The zero-order valence-corrected chi connectivity index (χ0v) is 22.1. The number of ether oxygens (including phenoxy) is 1. The van der Waals surface area contributed by atoms with E-state index in [0.717, 1.165) is 11.1 Å². The first-order valence-corrected chi connectivity index (χ1v) is 12.8. The Morgan fingerprint density at radius 3 is 2.08 bits per heavy atom. The van der Waals surface area contributed by atoms with E-state index >= 15 is 0 Å². The molecule has 0 bridgehead atoms. The van der Waals surface area contributed by atoms with Crippen molar-refractivity contribution < 1.29 is 14.3 Å². The largest absolute Gasteiger partial charge is 0.494 e. The minimum Gasteiger partial charge on any atom is -0.494 e. The van der Waals surface area contributed by atoms with Crippen LogP contribution in [0.15, 0.2) is 78.9 Å². The maximum atomic E-state index is 13.5. The highest BCUT2D eigenvalue weighted by Crippen LogP contribution is 2.19. The lowest BCUT2D eigenvalue weighted by Gasteiger charge is -2.32. The molecule has 1 N–H and O–H groups in total. The predicted octanol–water partition coefficient (Wildman–Crippen LogP) is 6.32. The van der Waals surface area contributed by atoms with Gasteiger partial charge < -0.3 is 15.0 Å². The number of hydrogen-bond acceptors (Lipinski definition) is 3. The predicted molar refractivity (Wildman–Crippen MR) is 145 cm³/mol. The van der Waals surface area contributed by atoms with Gasteiger partial charge in [-0.3, -0.25) is 9.59 Å². The lowest BCUT2D eigenvalue weighted by molar-refractivity contribution is -0.141. The highest BCUT2D eigenvalue weighted by molar-refractivity contribution is 6.30. The van der Waals surface area contributed by atoms with Crippen LogP contribution in [0.2, 0.25) is 10.0 Å². The van der Waals surface area contributed by atoms with Crippen molar-refractivity contribution in [3.8, 4) is 5.75 Å². The van der Waals surface area contributed by atoms with Crippen LogP contribution in [0.5, 0.6) is 5.75 Å². The quantitative estimate of drug-likeness (QED) is 0.281. The normalized spacial score (nSPS) is 11.7. The number of rotatable bonds is 12. The van der Waals surface area contributed by atoms with E-state index in [1.54, 1.807) is 41.3 Å². The number of nitrogens with one attached hydrogen (secondary N) is 1. The monoisotopic (exact) mass is 526 g/mol. The van der Waals surface area contributed by atoms with E-state index in [9.17, 15) is 9.59 Å². The molecule has 0 radical (unpaired) electrons. The average molecular weight is 527 g/mol. The molecule has 5 nitrogen and oxygen atoms in total. The summed E-state index contributed by atoms with van der Waals surface area (Å²) in [5.74, 6) is 0.418. The van der Waals surface area contributed by atoms with E-state index in [2.05, 4.69) is 5.32 Å². The Bertz CT molecular complexity index is 1100. The third-order valence-electron chi connectivity index (χ3n) is 5.59. The van der Waals surface area contributed by atoms with Crippen LogP contribution in [-0.4, -0.2) is 35.4 Å². The molecule has 1 atom stereocenters. The maximum absolute atomic E-state index is 13.5. The smallest absolute Gasteiger partial charge is 0.243 e. The fraction of sp³-hybridized carbons (Fsp3) is 0.310. The molecule has 0 saturated carbocycles. The molecular weight excluding hydrogens is 495 g/mol. The van der Waals surface area contributed by atoms with Crippen LogP contribution in [0.25, 0.3) is 0 Å². The molecule has 190 valence electrons. The Morgan fingerprint density at radius 1 is 0.861 bits per heavy atom. The summed E-state index contributed by atoms with van der Waals surface area (Å²) in [7, 11) is 0. The van der Waals surface area contributed by atoms with Crippen molar-refractivity contribution in [3.63, 3.8) is 0 Å². The Labute approximate surface area is 223 Å². The first kappa shape index (κ1) is 27.6. The minimum absolute atomic E-state index is 0.0453. The van der Waals surface area contributed by atoms with Gasteiger partial charge in [-0.15, -0.1) is 0 Å². The van der Waals surface area contributed by atoms with E-state index in [1.807, 2.05) is 56.3 Å². The lowest BCUT2D eigenvalue weighted by Crippen LogP contribution is -2.51. The second-order valence-corrected chi connectivity index (χ2v) is 9.80. The van der Waals surface area contributed by atoms with E-state index in [-0.39, 0.29) is 24.3 Å². The number of benzene rings is 3. The number of nitrogens with zero attached hydrogens (tertiary/aromatic N) is 1. The number of amides is 2. The molecule has 0 aromatic heterocycles. The Morgan fingerprint density at radius 2 is 1.47 bits per heavy atom. The first-order valence-electron chi connectivity index (χ1n) is 12.1. The Kier molecular flexibility index (Phi) is 10.6. The number of carbonyl (C=O) groups excluding carboxylic acids is 2. The fourth-order valence-electron chi connectivity index (χ4n) is 3.81. The molecule has 0 spiro atoms. The number of carbonyl (C=O) groups is 2. The van der Waals surface area contributed by atoms with Crippen LogP contribution in [0.3, 0.4) is 0 Å². The van der Waals surface area contributed by atoms with Crippen molar-refractivity contribution >= 4 is 35.0 Å². The molecule has 3 aromatic carbocycles. The van der Waals surface area contributed by atoms with Gasteiger partial charge in [0.1, 0.15) is 11.8 Å². The topological polar surface area (TPSA) is 58.6 Å². The highest BCUT2D eigenvalue weighted by Gasteiger charge is 2.30. The molecule has 0 heterocycles. The zero-order valence-electron chi connectivity index (χ0n) is 20.6. The second-order valence-electron chi connectivity index (χ2n) is 8.92. The van der Waals surface area contributed by atoms with Crippen molar-refractivity contribution in [2.45, 2.75) is 51.7 Å². The lowest BCUT2D eigenvalue weighted by atomic mass is 10.0. The third-order valence-corrected chi connectivity index (χ3v) is 6.09. The van der Waals surface area contributed by atoms with Crippen molar-refractivity contribution in [2.75, 3.05) is 6.61 Å². The molecule has 3 rings (SSSR count). The molecular formula is C29H32Cl2N2O3. The van der Waals surface area contributed by atoms with Crippen molar-refractivity contribution in [3.05, 3.63) is 100 Å². The van der Waals surface area contributed by atoms with Gasteiger partial charge in [0.25, 0.3) is 0 Å². The van der Waals surface area contributed by atoms with Gasteiger partial charge in [0.15, 0.2) is 0 Å². The van der Waals surface area contributed by atoms with E-state index in [4.69, 9.17) is 27.9 Å². The van der Waals surface area contributed by atoms with Gasteiger partial charge >= 0.3 is 0 Å². The molecule has 0 aliphatic heterocycles. The second kappa shape index (κ2) is 13.9. The summed E-state index contributed by atoms with van der Waals surface area (Å²) >= 11 is 12.0. The molecule has 0 aliphatic carbocycles. The molecule has 0 fully saturated rings. The SMILES string of the molecule is CC(C)NC(=O)[C@@H](Cc1ccccc1)N(Cc1ccc(Cl)cc1)C(=O)CCCOc1ccc(Cl)cc1. The van der Waals surface area contributed by atoms with Gasteiger partial charge in [-0.1, -0.05) is 65.7 Å². The molecule has 36 heavy (non-hydrogen) atoms. The van der Waals surface area contributed by atoms with E-state index in [0.29, 0.717) is 41.8 Å². The van der Waals surface area contributed by atoms with E-state index < -0.39 is 6.04 Å². The summed E-state index contributed by atoms with van der Waals surface area (Å²) < 4.78 is 5.76. The Balaban J connectivity index is 1.77. The van der Waals surface area contributed by atoms with Crippen LogP contribution >= 0.6 is 23.2 Å². The van der Waals surface area contributed by atoms with Gasteiger partial charge in [-0.05, 0) is 67.8 Å². The summed E-state index contributed by atoms with van der Waals surface area (Å²) in [5.41, 5.74) is 1.89. The van der Waals surface area contributed by atoms with Gasteiger partial charge in [0.2, 0.25) is 11.8 Å². The molecule has 3 aromatic rings. The fourth-order valence-corrected chi connectivity index (χ4v) is 4.06. The van der Waals surface area contributed by atoms with E-state index in [1.165, 1.54) is 0 Å². The molecule has 0 unspecified atom stereocenters. The summed E-state index contributed by atoms with van der Waals surface area (Å²) in [5, 5.41) is 4.26. The van der Waals surface area contributed by atoms with Crippen LogP contribution in [0.1, 0.15) is 37.8 Å². The third kappa shape index (κ3) is 8.89. The average Bonchev–Trinajstić information content (AvgIpc) is 2.86. The van der Waals surface area contributed by atoms with Crippen molar-refractivity contribution in [2.24, 2.45) is 0 Å².